The molecule has 0 unspecified atom stereocenters. The molecule has 0 saturated carbocycles. The van der Waals surface area contributed by atoms with Crippen molar-refractivity contribution in [3.63, 3.8) is 0 Å². The Morgan fingerprint density at radius 1 is 1.20 bits per heavy atom. The van der Waals surface area contributed by atoms with Gasteiger partial charge < -0.3 is 10.6 Å². The molecule has 102 valence electrons. The van der Waals surface area contributed by atoms with Crippen molar-refractivity contribution < 1.29 is 4.79 Å². The zero-order chi connectivity index (χ0) is 13.9. The number of thiophene rings is 1. The van der Waals surface area contributed by atoms with E-state index < -0.39 is 0 Å². The van der Waals surface area contributed by atoms with Gasteiger partial charge >= 0.3 is 0 Å². The van der Waals surface area contributed by atoms with E-state index in [1.807, 2.05) is 42.6 Å². The van der Waals surface area contributed by atoms with E-state index in [-0.39, 0.29) is 5.91 Å². The van der Waals surface area contributed by atoms with Crippen LogP contribution in [0.25, 0.3) is 10.4 Å². The molecule has 1 aliphatic heterocycles. The van der Waals surface area contributed by atoms with Gasteiger partial charge in [0.05, 0.1) is 0 Å². The molecule has 0 bridgehead atoms. The van der Waals surface area contributed by atoms with Crippen molar-refractivity contribution in [3.05, 3.63) is 52.9 Å². The van der Waals surface area contributed by atoms with Crippen LogP contribution < -0.4 is 10.6 Å². The summed E-state index contributed by atoms with van der Waals surface area (Å²) in [5.74, 6) is -0.00879. The summed E-state index contributed by atoms with van der Waals surface area (Å²) in [4.78, 5) is 13.4. The van der Waals surface area contributed by atoms with Gasteiger partial charge in [0, 0.05) is 34.8 Å². The van der Waals surface area contributed by atoms with E-state index in [0.29, 0.717) is 0 Å². The summed E-state index contributed by atoms with van der Waals surface area (Å²) in [7, 11) is 0. The molecule has 0 atom stereocenters. The van der Waals surface area contributed by atoms with Crippen molar-refractivity contribution in [2.45, 2.75) is 6.92 Å². The van der Waals surface area contributed by atoms with Gasteiger partial charge in [0.2, 0.25) is 0 Å². The number of benzene rings is 1. The summed E-state index contributed by atoms with van der Waals surface area (Å²) < 4.78 is 0. The van der Waals surface area contributed by atoms with E-state index >= 15 is 0 Å². The van der Waals surface area contributed by atoms with Gasteiger partial charge in [0.25, 0.3) is 5.91 Å². The van der Waals surface area contributed by atoms with E-state index in [0.717, 1.165) is 34.8 Å². The quantitative estimate of drug-likeness (QED) is 0.849. The highest BCUT2D eigenvalue weighted by atomic mass is 32.1. The molecule has 0 radical (unpaired) electrons. The number of carbonyl (C=O) groups is 1. The molecule has 1 aromatic heterocycles. The number of nitrogens with one attached hydrogen (secondary N) is 2. The van der Waals surface area contributed by atoms with Crippen LogP contribution in [0, 0.1) is 0 Å². The van der Waals surface area contributed by atoms with Gasteiger partial charge in [-0.1, -0.05) is 24.3 Å². The minimum absolute atomic E-state index is 0.00879. The Bertz CT molecular complexity index is 653. The average molecular weight is 284 g/mol. The van der Waals surface area contributed by atoms with Gasteiger partial charge in [-0.25, -0.2) is 0 Å². The topological polar surface area (TPSA) is 41.1 Å². The molecule has 2 heterocycles. The van der Waals surface area contributed by atoms with E-state index in [9.17, 15) is 4.79 Å². The molecule has 1 aliphatic rings. The molecule has 3 rings (SSSR count). The van der Waals surface area contributed by atoms with Crippen LogP contribution in [0.1, 0.15) is 6.92 Å². The Morgan fingerprint density at radius 2 is 2.00 bits per heavy atom. The molecule has 1 amide bonds. The highest BCUT2D eigenvalue weighted by Crippen LogP contribution is 2.31. The molecule has 2 N–H and O–H groups in total. The van der Waals surface area contributed by atoms with Gasteiger partial charge in [0.1, 0.15) is 0 Å². The molecule has 3 nitrogen and oxygen atoms in total. The molecule has 0 aliphatic carbocycles. The largest absolute Gasteiger partial charge is 0.322 e. The number of hydrogen-bond acceptors (Lipinski definition) is 3. The monoisotopic (exact) mass is 284 g/mol. The van der Waals surface area contributed by atoms with Crippen molar-refractivity contribution in [2.75, 3.05) is 18.4 Å². The Balaban J connectivity index is 1.86. The first kappa shape index (κ1) is 13.1. The molecule has 1 fully saturated rings. The fraction of sp³-hybridized carbons (Fsp3) is 0.188. The van der Waals surface area contributed by atoms with Crippen LogP contribution in [0.15, 0.2) is 52.9 Å². The number of carbonyl (C=O) groups excluding carboxylic acids is 1. The number of para-hydroxylation sites is 1. The second-order valence-corrected chi connectivity index (χ2v) is 5.76. The van der Waals surface area contributed by atoms with Gasteiger partial charge in [-0.2, -0.15) is 0 Å². The highest BCUT2D eigenvalue weighted by molar-refractivity contribution is 7.13. The molecular weight excluding hydrogens is 268 g/mol. The summed E-state index contributed by atoms with van der Waals surface area (Å²) >= 11 is 1.67. The number of rotatable bonds is 3. The number of anilines is 1. The maximum Gasteiger partial charge on any atom is 0.251 e. The summed E-state index contributed by atoms with van der Waals surface area (Å²) in [5.41, 5.74) is 3.95. The molecule has 1 aromatic carbocycles. The Kier molecular flexibility index (Phi) is 3.67. The lowest BCUT2D eigenvalue weighted by molar-refractivity contribution is -0.112. The van der Waals surface area contributed by atoms with E-state index in [4.69, 9.17) is 0 Å². The smallest absolute Gasteiger partial charge is 0.251 e. The highest BCUT2D eigenvalue weighted by Gasteiger charge is 2.17. The minimum atomic E-state index is -0.00879. The van der Waals surface area contributed by atoms with Crippen molar-refractivity contribution in [2.24, 2.45) is 0 Å². The van der Waals surface area contributed by atoms with Crippen LogP contribution in [0.4, 0.5) is 5.69 Å². The maximum atomic E-state index is 12.3. The SMILES string of the molecule is CC(C(=O)Nc1ccccc1-c1cccs1)=C1CNC1. The lowest BCUT2D eigenvalue weighted by Crippen LogP contribution is -2.36. The first-order chi connectivity index (χ1) is 9.75. The van der Waals surface area contributed by atoms with Gasteiger partial charge in [0.15, 0.2) is 0 Å². The third kappa shape index (κ3) is 2.53. The predicted molar refractivity (Wildman–Crippen MR) is 84.0 cm³/mol. The minimum Gasteiger partial charge on any atom is -0.322 e. The van der Waals surface area contributed by atoms with E-state index in [1.54, 1.807) is 11.3 Å². The lowest BCUT2D eigenvalue weighted by atomic mass is 10.0. The van der Waals surface area contributed by atoms with Crippen LogP contribution in [0.5, 0.6) is 0 Å². The van der Waals surface area contributed by atoms with Crippen molar-refractivity contribution in [3.8, 4) is 10.4 Å². The van der Waals surface area contributed by atoms with Crippen LogP contribution in [-0.2, 0) is 4.79 Å². The Labute approximate surface area is 122 Å². The number of amides is 1. The second-order valence-electron chi connectivity index (χ2n) is 4.81. The average Bonchev–Trinajstić information content (AvgIpc) is 2.91. The Morgan fingerprint density at radius 3 is 2.65 bits per heavy atom. The lowest BCUT2D eigenvalue weighted by Gasteiger charge is -2.21. The van der Waals surface area contributed by atoms with Crippen molar-refractivity contribution in [1.29, 1.82) is 0 Å². The summed E-state index contributed by atoms with van der Waals surface area (Å²) in [6.45, 7) is 3.54. The zero-order valence-corrected chi connectivity index (χ0v) is 12.1. The van der Waals surface area contributed by atoms with Crippen LogP contribution >= 0.6 is 11.3 Å². The maximum absolute atomic E-state index is 12.3. The van der Waals surface area contributed by atoms with E-state index in [2.05, 4.69) is 16.7 Å². The molecule has 1 saturated heterocycles. The molecule has 0 spiro atoms. The fourth-order valence-electron chi connectivity index (χ4n) is 2.13. The zero-order valence-electron chi connectivity index (χ0n) is 11.3. The predicted octanol–water partition coefficient (Wildman–Crippen LogP) is 3.27. The van der Waals surface area contributed by atoms with Crippen LogP contribution in [-0.4, -0.2) is 19.0 Å². The molecule has 2 aromatic rings. The summed E-state index contributed by atoms with van der Waals surface area (Å²) in [6, 6.07) is 12.0. The van der Waals surface area contributed by atoms with Crippen LogP contribution in [0.2, 0.25) is 0 Å². The van der Waals surface area contributed by atoms with Crippen molar-refractivity contribution >= 4 is 22.9 Å². The van der Waals surface area contributed by atoms with Crippen LogP contribution in [0.3, 0.4) is 0 Å². The molecular formula is C16H16N2OS. The molecule has 20 heavy (non-hydrogen) atoms. The first-order valence-electron chi connectivity index (χ1n) is 6.59. The Hall–Kier alpha value is -1.91. The third-order valence-corrected chi connectivity index (χ3v) is 4.41. The van der Waals surface area contributed by atoms with Gasteiger partial charge in [-0.3, -0.25) is 4.79 Å². The fourth-order valence-corrected chi connectivity index (χ4v) is 2.90. The third-order valence-electron chi connectivity index (χ3n) is 3.51. The number of hydrogen-bond donors (Lipinski definition) is 2. The standard InChI is InChI=1S/C16H16N2OS/c1-11(12-9-17-10-12)16(19)18-14-6-3-2-5-13(14)15-7-4-8-20-15/h2-8,17H,9-10H2,1H3,(H,18,19). The first-order valence-corrected chi connectivity index (χ1v) is 7.47. The normalized spacial score (nSPS) is 13.8. The summed E-state index contributed by atoms with van der Waals surface area (Å²) in [5, 5.41) is 8.23. The molecule has 4 heteroatoms. The summed E-state index contributed by atoms with van der Waals surface area (Å²) in [6.07, 6.45) is 0. The van der Waals surface area contributed by atoms with E-state index in [1.165, 1.54) is 5.57 Å². The van der Waals surface area contributed by atoms with Gasteiger partial charge in [-0.05, 0) is 30.0 Å². The van der Waals surface area contributed by atoms with Gasteiger partial charge in [-0.15, -0.1) is 11.3 Å². The van der Waals surface area contributed by atoms with Crippen molar-refractivity contribution in [1.82, 2.24) is 5.32 Å². The second kappa shape index (κ2) is 5.61.